The highest BCUT2D eigenvalue weighted by Gasteiger charge is 2.40. The van der Waals surface area contributed by atoms with E-state index in [-0.39, 0.29) is 30.0 Å². The average molecular weight is 545 g/mol. The number of carbonyl (C=O) groups is 1. The molecule has 1 saturated heterocycles. The Kier molecular flexibility index (Phi) is 8.02. The van der Waals surface area contributed by atoms with Crippen LogP contribution in [0.1, 0.15) is 42.0 Å². The van der Waals surface area contributed by atoms with Gasteiger partial charge in [-0.1, -0.05) is 18.5 Å². The number of halogens is 4. The van der Waals surface area contributed by atoms with E-state index in [0.717, 1.165) is 6.07 Å². The van der Waals surface area contributed by atoms with E-state index in [0.29, 0.717) is 42.4 Å². The van der Waals surface area contributed by atoms with Crippen molar-refractivity contribution in [3.63, 3.8) is 0 Å². The van der Waals surface area contributed by atoms with Crippen LogP contribution in [0.5, 0.6) is 5.88 Å². The molecule has 0 bridgehead atoms. The molecule has 3 aromatic rings. The van der Waals surface area contributed by atoms with E-state index in [1.54, 1.807) is 30.5 Å². The lowest BCUT2D eigenvalue weighted by atomic mass is 10.0. The third-order valence-electron chi connectivity index (χ3n) is 6.22. The number of nitriles is 1. The lowest BCUT2D eigenvalue weighted by molar-refractivity contribution is -0.141. The first-order valence-electron chi connectivity index (χ1n) is 12.0. The monoisotopic (exact) mass is 544 g/mol. The molecule has 3 aromatic heterocycles. The maximum absolute atomic E-state index is 13.5. The molecule has 0 aliphatic carbocycles. The van der Waals surface area contributed by atoms with Crippen LogP contribution in [-0.2, 0) is 6.18 Å². The molecule has 0 radical (unpaired) electrons. The Morgan fingerprint density at radius 1 is 1.18 bits per heavy atom. The molecule has 198 valence electrons. The van der Waals surface area contributed by atoms with Crippen molar-refractivity contribution >= 4 is 23.2 Å². The van der Waals surface area contributed by atoms with Gasteiger partial charge in [0, 0.05) is 31.9 Å². The van der Waals surface area contributed by atoms with E-state index in [1.807, 2.05) is 18.7 Å². The van der Waals surface area contributed by atoms with Gasteiger partial charge in [-0.15, -0.1) is 0 Å². The third-order valence-corrected chi connectivity index (χ3v) is 6.43. The lowest BCUT2D eigenvalue weighted by Crippen LogP contribution is -2.55. The molecule has 0 spiro atoms. The van der Waals surface area contributed by atoms with Gasteiger partial charge in [0.25, 0.3) is 5.91 Å². The van der Waals surface area contributed by atoms with Crippen LogP contribution < -0.4 is 9.64 Å². The highest BCUT2D eigenvalue weighted by atomic mass is 35.5. The molecule has 1 fully saturated rings. The number of piperazine rings is 1. The molecule has 38 heavy (non-hydrogen) atoms. The van der Waals surface area contributed by atoms with Crippen LogP contribution >= 0.6 is 11.6 Å². The Morgan fingerprint density at radius 2 is 1.97 bits per heavy atom. The molecule has 0 N–H and O–H groups in total. The van der Waals surface area contributed by atoms with E-state index in [2.05, 4.69) is 21.0 Å². The number of ether oxygens (including phenoxy) is 1. The van der Waals surface area contributed by atoms with Crippen molar-refractivity contribution in [3.8, 4) is 23.2 Å². The third kappa shape index (κ3) is 5.50. The number of nitrogens with zero attached hydrogens (tertiary/aromatic N) is 6. The molecule has 0 aromatic carbocycles. The average Bonchev–Trinajstić information content (AvgIpc) is 2.92. The summed E-state index contributed by atoms with van der Waals surface area (Å²) in [4.78, 5) is 28.6. The second-order valence-electron chi connectivity index (χ2n) is 8.50. The van der Waals surface area contributed by atoms with Gasteiger partial charge < -0.3 is 14.5 Å². The summed E-state index contributed by atoms with van der Waals surface area (Å²) in [6.45, 7) is 4.80. The molecule has 8 nitrogen and oxygen atoms in total. The van der Waals surface area contributed by atoms with Gasteiger partial charge in [-0.3, -0.25) is 4.79 Å². The zero-order valence-electron chi connectivity index (χ0n) is 20.7. The highest BCUT2D eigenvalue weighted by molar-refractivity contribution is 6.29. The van der Waals surface area contributed by atoms with Gasteiger partial charge in [0.05, 0.1) is 29.1 Å². The van der Waals surface area contributed by atoms with E-state index in [1.165, 1.54) is 11.0 Å². The smallest absolute Gasteiger partial charge is 0.434 e. The number of carbonyl (C=O) groups excluding carboxylic acids is 1. The molecule has 1 aliphatic rings. The van der Waals surface area contributed by atoms with Gasteiger partial charge in [-0.2, -0.15) is 18.4 Å². The maximum Gasteiger partial charge on any atom is 0.434 e. The quantitative estimate of drug-likeness (QED) is 0.392. The SMILES string of the molecule is CCOc1ncccc1-c1ccc(N2CCN(C(=O)c3ccc(Cl)nc3C(F)(F)F)C[C@H]2CC)c(C#N)n1. The van der Waals surface area contributed by atoms with Gasteiger partial charge >= 0.3 is 6.18 Å². The Bertz CT molecular complexity index is 1380. The summed E-state index contributed by atoms with van der Waals surface area (Å²) in [6, 6.07) is 11.2. The van der Waals surface area contributed by atoms with Crippen LogP contribution in [0.3, 0.4) is 0 Å². The highest BCUT2D eigenvalue weighted by Crippen LogP contribution is 2.34. The Hall–Kier alpha value is -3.91. The van der Waals surface area contributed by atoms with Gasteiger partial charge in [-0.05, 0) is 49.7 Å². The van der Waals surface area contributed by atoms with E-state index in [9.17, 15) is 23.2 Å². The number of amides is 1. The number of anilines is 1. The molecule has 4 rings (SSSR count). The minimum absolute atomic E-state index is 0.152. The first-order valence-corrected chi connectivity index (χ1v) is 12.3. The summed E-state index contributed by atoms with van der Waals surface area (Å²) >= 11 is 5.66. The van der Waals surface area contributed by atoms with Crippen molar-refractivity contribution in [3.05, 3.63) is 64.7 Å². The molecule has 4 heterocycles. The van der Waals surface area contributed by atoms with Crippen molar-refractivity contribution in [1.29, 1.82) is 5.26 Å². The minimum atomic E-state index is -4.83. The summed E-state index contributed by atoms with van der Waals surface area (Å²) in [6.07, 6.45) is -2.63. The Morgan fingerprint density at radius 3 is 2.66 bits per heavy atom. The molecule has 0 unspecified atom stereocenters. The zero-order valence-corrected chi connectivity index (χ0v) is 21.4. The number of rotatable bonds is 6. The van der Waals surface area contributed by atoms with Gasteiger partial charge in [0.1, 0.15) is 11.2 Å². The standard InChI is InChI=1S/C26H24ClF3N6O2/c1-3-16-15-35(25(37)18-7-10-22(27)34-23(18)26(28,29)30)12-13-36(16)21-9-8-19(33-20(21)14-31)17-6-5-11-32-24(17)38-4-2/h5-11,16H,3-4,12-13,15H2,1-2H3/t16-/m1/s1. The van der Waals surface area contributed by atoms with E-state index >= 15 is 0 Å². The van der Waals surface area contributed by atoms with Crippen LogP contribution in [0.2, 0.25) is 5.15 Å². The molecule has 0 saturated carbocycles. The molecular formula is C26H24ClF3N6O2. The van der Waals surface area contributed by atoms with Crippen molar-refractivity contribution in [2.75, 3.05) is 31.1 Å². The van der Waals surface area contributed by atoms with Crippen molar-refractivity contribution in [2.24, 2.45) is 0 Å². The first-order chi connectivity index (χ1) is 18.2. The zero-order chi connectivity index (χ0) is 27.4. The molecule has 12 heteroatoms. The van der Waals surface area contributed by atoms with Crippen LogP contribution in [0.4, 0.5) is 18.9 Å². The summed E-state index contributed by atoms with van der Waals surface area (Å²) in [5, 5.41) is 9.55. The maximum atomic E-state index is 13.5. The van der Waals surface area contributed by atoms with Crippen molar-refractivity contribution < 1.29 is 22.7 Å². The minimum Gasteiger partial charge on any atom is -0.477 e. The number of aromatic nitrogens is 3. The van der Waals surface area contributed by atoms with E-state index in [4.69, 9.17) is 16.3 Å². The predicted octanol–water partition coefficient (Wildman–Crippen LogP) is 5.22. The van der Waals surface area contributed by atoms with Crippen LogP contribution in [0.15, 0.2) is 42.6 Å². The van der Waals surface area contributed by atoms with Crippen LogP contribution in [-0.4, -0.2) is 58.0 Å². The fourth-order valence-electron chi connectivity index (χ4n) is 4.45. The van der Waals surface area contributed by atoms with Gasteiger partial charge in [0.15, 0.2) is 11.4 Å². The van der Waals surface area contributed by atoms with Gasteiger partial charge in [-0.25, -0.2) is 15.0 Å². The van der Waals surface area contributed by atoms with Crippen LogP contribution in [0, 0.1) is 11.3 Å². The second kappa shape index (κ2) is 11.2. The second-order valence-corrected chi connectivity index (χ2v) is 8.89. The number of alkyl halides is 3. The predicted molar refractivity (Wildman–Crippen MR) is 135 cm³/mol. The Labute approximate surface area is 222 Å². The summed E-state index contributed by atoms with van der Waals surface area (Å²) in [7, 11) is 0. The Balaban J connectivity index is 1.60. The summed E-state index contributed by atoms with van der Waals surface area (Å²) in [5.74, 6) is -0.360. The molecule has 1 atom stereocenters. The summed E-state index contributed by atoms with van der Waals surface area (Å²) < 4.78 is 46.2. The fraction of sp³-hybridized carbons (Fsp3) is 0.346. The van der Waals surface area contributed by atoms with E-state index < -0.39 is 23.3 Å². The lowest BCUT2D eigenvalue weighted by Gasteiger charge is -2.42. The largest absolute Gasteiger partial charge is 0.477 e. The van der Waals surface area contributed by atoms with Gasteiger partial charge in [0.2, 0.25) is 5.88 Å². The van der Waals surface area contributed by atoms with Crippen molar-refractivity contribution in [2.45, 2.75) is 32.5 Å². The van der Waals surface area contributed by atoms with Crippen molar-refractivity contribution in [1.82, 2.24) is 19.9 Å². The van der Waals surface area contributed by atoms with Crippen LogP contribution in [0.25, 0.3) is 11.3 Å². The topological polar surface area (TPSA) is 95.2 Å². The molecule has 1 amide bonds. The number of hydrogen-bond acceptors (Lipinski definition) is 7. The normalized spacial score (nSPS) is 15.8. The summed E-state index contributed by atoms with van der Waals surface area (Å²) in [5.41, 5.74) is 0.0966. The fourth-order valence-corrected chi connectivity index (χ4v) is 4.60. The molecule has 1 aliphatic heterocycles. The first kappa shape index (κ1) is 27.1. The number of pyridine rings is 3. The molecular weight excluding hydrogens is 521 g/mol. The number of hydrogen-bond donors (Lipinski definition) is 0.